The zero-order valence-corrected chi connectivity index (χ0v) is 10.2. The molecule has 0 saturated heterocycles. The van der Waals surface area contributed by atoms with E-state index in [1.54, 1.807) is 12.1 Å². The first-order valence-corrected chi connectivity index (χ1v) is 5.88. The third-order valence-corrected chi connectivity index (χ3v) is 2.90. The summed E-state index contributed by atoms with van der Waals surface area (Å²) in [6.07, 6.45) is -0.727. The maximum Gasteiger partial charge on any atom is 0.123 e. The molecule has 0 saturated carbocycles. The molecule has 0 amide bonds. The molecule has 0 fully saturated rings. The summed E-state index contributed by atoms with van der Waals surface area (Å²) in [6, 6.07) is 13.6. The Labute approximate surface area is 106 Å². The summed E-state index contributed by atoms with van der Waals surface area (Å²) in [7, 11) is 1.86. The number of aliphatic hydroxyl groups excluding tert-OH is 1. The standard InChI is InChI=1S/C15H16FNO/c1-17-10-12-4-2-3-5-14(12)15(18)11-6-8-13(16)9-7-11/h2-9,15,17-18H,10H2,1H3/t15-/m1/s1. The molecular weight excluding hydrogens is 229 g/mol. The molecule has 2 aromatic rings. The Kier molecular flexibility index (Phi) is 4.07. The van der Waals surface area contributed by atoms with Gasteiger partial charge in [-0.1, -0.05) is 36.4 Å². The van der Waals surface area contributed by atoms with Crippen molar-refractivity contribution in [2.75, 3.05) is 7.05 Å². The van der Waals surface area contributed by atoms with Crippen LogP contribution in [0.5, 0.6) is 0 Å². The molecule has 0 aromatic heterocycles. The van der Waals surface area contributed by atoms with E-state index in [1.807, 2.05) is 31.3 Å². The number of benzene rings is 2. The van der Waals surface area contributed by atoms with Crippen molar-refractivity contribution in [2.24, 2.45) is 0 Å². The lowest BCUT2D eigenvalue weighted by atomic mass is 9.97. The SMILES string of the molecule is CNCc1ccccc1[C@H](O)c1ccc(F)cc1. The minimum Gasteiger partial charge on any atom is -0.384 e. The van der Waals surface area contributed by atoms with Gasteiger partial charge in [0.1, 0.15) is 11.9 Å². The van der Waals surface area contributed by atoms with Gasteiger partial charge < -0.3 is 10.4 Å². The molecule has 2 nitrogen and oxygen atoms in total. The molecule has 0 aliphatic carbocycles. The third-order valence-electron chi connectivity index (χ3n) is 2.90. The Bertz CT molecular complexity index is 510. The molecule has 2 aromatic carbocycles. The number of aliphatic hydroxyl groups is 1. The molecule has 18 heavy (non-hydrogen) atoms. The normalized spacial score (nSPS) is 12.4. The first kappa shape index (κ1) is 12.7. The first-order chi connectivity index (χ1) is 8.72. The Morgan fingerprint density at radius 2 is 1.78 bits per heavy atom. The molecule has 0 aliphatic heterocycles. The van der Waals surface area contributed by atoms with Gasteiger partial charge in [0.15, 0.2) is 0 Å². The van der Waals surface area contributed by atoms with Gasteiger partial charge in [-0.05, 0) is 35.9 Å². The van der Waals surface area contributed by atoms with E-state index in [1.165, 1.54) is 12.1 Å². The van der Waals surface area contributed by atoms with Crippen molar-refractivity contribution in [2.45, 2.75) is 12.6 Å². The monoisotopic (exact) mass is 245 g/mol. The van der Waals surface area contributed by atoms with E-state index in [0.717, 1.165) is 11.1 Å². The predicted molar refractivity (Wildman–Crippen MR) is 69.7 cm³/mol. The summed E-state index contributed by atoms with van der Waals surface area (Å²) in [5.74, 6) is -0.297. The Hall–Kier alpha value is -1.71. The highest BCUT2D eigenvalue weighted by Crippen LogP contribution is 2.25. The van der Waals surface area contributed by atoms with Crippen LogP contribution >= 0.6 is 0 Å². The van der Waals surface area contributed by atoms with E-state index in [-0.39, 0.29) is 5.82 Å². The molecule has 2 N–H and O–H groups in total. The van der Waals surface area contributed by atoms with Gasteiger partial charge in [0, 0.05) is 6.54 Å². The fraction of sp³-hybridized carbons (Fsp3) is 0.200. The second-order valence-corrected chi connectivity index (χ2v) is 4.18. The highest BCUT2D eigenvalue weighted by Gasteiger charge is 2.13. The topological polar surface area (TPSA) is 32.3 Å². The molecule has 0 spiro atoms. The van der Waals surface area contributed by atoms with Crippen LogP contribution in [0.3, 0.4) is 0 Å². The van der Waals surface area contributed by atoms with E-state index in [2.05, 4.69) is 5.32 Å². The number of halogens is 1. The molecule has 3 heteroatoms. The number of rotatable bonds is 4. The van der Waals surface area contributed by atoms with Gasteiger partial charge in [0.2, 0.25) is 0 Å². The van der Waals surface area contributed by atoms with Gasteiger partial charge >= 0.3 is 0 Å². The van der Waals surface area contributed by atoms with E-state index in [0.29, 0.717) is 12.1 Å². The van der Waals surface area contributed by atoms with Crippen LogP contribution in [0.15, 0.2) is 48.5 Å². The van der Waals surface area contributed by atoms with Gasteiger partial charge in [-0.15, -0.1) is 0 Å². The predicted octanol–water partition coefficient (Wildman–Crippen LogP) is 2.63. The lowest BCUT2D eigenvalue weighted by Crippen LogP contribution is -2.10. The highest BCUT2D eigenvalue weighted by molar-refractivity contribution is 5.35. The van der Waals surface area contributed by atoms with E-state index < -0.39 is 6.10 Å². The average molecular weight is 245 g/mol. The molecule has 0 bridgehead atoms. The van der Waals surface area contributed by atoms with Crippen LogP contribution in [0.25, 0.3) is 0 Å². The van der Waals surface area contributed by atoms with Crippen LogP contribution in [-0.4, -0.2) is 12.2 Å². The van der Waals surface area contributed by atoms with Crippen molar-refractivity contribution in [1.82, 2.24) is 5.32 Å². The van der Waals surface area contributed by atoms with Crippen LogP contribution in [0, 0.1) is 5.82 Å². The van der Waals surface area contributed by atoms with Crippen LogP contribution < -0.4 is 5.32 Å². The van der Waals surface area contributed by atoms with Gasteiger partial charge in [-0.2, -0.15) is 0 Å². The molecule has 1 atom stereocenters. The van der Waals surface area contributed by atoms with Crippen molar-refractivity contribution in [3.05, 3.63) is 71.0 Å². The summed E-state index contributed by atoms with van der Waals surface area (Å²) < 4.78 is 12.9. The van der Waals surface area contributed by atoms with E-state index >= 15 is 0 Å². The van der Waals surface area contributed by atoms with Crippen molar-refractivity contribution >= 4 is 0 Å². The number of hydrogen-bond donors (Lipinski definition) is 2. The Morgan fingerprint density at radius 3 is 2.44 bits per heavy atom. The van der Waals surface area contributed by atoms with Crippen LogP contribution in [0.4, 0.5) is 4.39 Å². The van der Waals surface area contributed by atoms with Gasteiger partial charge in [0.25, 0.3) is 0 Å². The third kappa shape index (κ3) is 2.75. The Balaban J connectivity index is 2.33. The second kappa shape index (κ2) is 5.76. The maximum absolute atomic E-state index is 12.9. The minimum atomic E-state index is -0.727. The second-order valence-electron chi connectivity index (χ2n) is 4.18. The Morgan fingerprint density at radius 1 is 1.11 bits per heavy atom. The van der Waals surface area contributed by atoms with Crippen LogP contribution in [0.2, 0.25) is 0 Å². The van der Waals surface area contributed by atoms with Gasteiger partial charge in [0.05, 0.1) is 0 Å². The van der Waals surface area contributed by atoms with Crippen molar-refractivity contribution in [1.29, 1.82) is 0 Å². The van der Waals surface area contributed by atoms with Crippen LogP contribution in [0.1, 0.15) is 22.8 Å². The zero-order chi connectivity index (χ0) is 13.0. The summed E-state index contributed by atoms with van der Waals surface area (Å²) in [6.45, 7) is 0.689. The quantitative estimate of drug-likeness (QED) is 0.868. The largest absolute Gasteiger partial charge is 0.384 e. The molecule has 94 valence electrons. The smallest absolute Gasteiger partial charge is 0.123 e. The summed E-state index contributed by atoms with van der Waals surface area (Å²) in [5.41, 5.74) is 2.58. The van der Waals surface area contributed by atoms with E-state index in [4.69, 9.17) is 0 Å². The zero-order valence-electron chi connectivity index (χ0n) is 10.2. The molecule has 0 unspecified atom stereocenters. The lowest BCUT2D eigenvalue weighted by molar-refractivity contribution is 0.219. The first-order valence-electron chi connectivity index (χ1n) is 5.88. The molecule has 0 radical (unpaired) electrons. The lowest BCUT2D eigenvalue weighted by Gasteiger charge is -2.15. The fourth-order valence-corrected chi connectivity index (χ4v) is 1.98. The number of hydrogen-bond acceptors (Lipinski definition) is 2. The van der Waals surface area contributed by atoms with Crippen molar-refractivity contribution < 1.29 is 9.50 Å². The van der Waals surface area contributed by atoms with Gasteiger partial charge in [-0.25, -0.2) is 4.39 Å². The van der Waals surface area contributed by atoms with E-state index in [9.17, 15) is 9.50 Å². The van der Waals surface area contributed by atoms with Crippen molar-refractivity contribution in [3.63, 3.8) is 0 Å². The molecular formula is C15H16FNO. The molecule has 2 rings (SSSR count). The number of nitrogens with one attached hydrogen (secondary N) is 1. The van der Waals surface area contributed by atoms with Crippen LogP contribution in [-0.2, 0) is 6.54 Å². The summed E-state index contributed by atoms with van der Waals surface area (Å²) >= 11 is 0. The minimum absolute atomic E-state index is 0.297. The molecule has 0 aliphatic rings. The van der Waals surface area contributed by atoms with Gasteiger partial charge in [-0.3, -0.25) is 0 Å². The molecule has 0 heterocycles. The average Bonchev–Trinajstić information content (AvgIpc) is 2.40. The fourth-order valence-electron chi connectivity index (χ4n) is 1.98. The van der Waals surface area contributed by atoms with Crippen molar-refractivity contribution in [3.8, 4) is 0 Å². The summed E-state index contributed by atoms with van der Waals surface area (Å²) in [4.78, 5) is 0. The highest BCUT2D eigenvalue weighted by atomic mass is 19.1. The summed E-state index contributed by atoms with van der Waals surface area (Å²) in [5, 5.41) is 13.4. The maximum atomic E-state index is 12.9.